The summed E-state index contributed by atoms with van der Waals surface area (Å²) in [7, 11) is 0. The number of fused-ring (bicyclic) bond motifs is 1. The first-order chi connectivity index (χ1) is 14.6. The zero-order valence-corrected chi connectivity index (χ0v) is 17.2. The number of nitrogens with one attached hydrogen (secondary N) is 2. The van der Waals surface area contributed by atoms with E-state index in [2.05, 4.69) is 10.6 Å². The largest absolute Gasteiger partial charge is 0.454 e. The maximum absolute atomic E-state index is 12.5. The van der Waals surface area contributed by atoms with Crippen molar-refractivity contribution < 1.29 is 19.1 Å². The Hall–Kier alpha value is -2.99. The van der Waals surface area contributed by atoms with Crippen LogP contribution in [0.1, 0.15) is 48.9 Å². The molecule has 0 fully saturated rings. The summed E-state index contributed by atoms with van der Waals surface area (Å²) in [4.78, 5) is 24.9. The highest BCUT2D eigenvalue weighted by Gasteiger charge is 2.21. The lowest BCUT2D eigenvalue weighted by atomic mass is 9.99. The van der Waals surface area contributed by atoms with Crippen LogP contribution >= 0.6 is 11.6 Å². The molecule has 2 aliphatic rings. The van der Waals surface area contributed by atoms with Crippen LogP contribution in [0.25, 0.3) is 0 Å². The minimum Gasteiger partial charge on any atom is -0.454 e. The van der Waals surface area contributed by atoms with Crippen molar-refractivity contribution in [2.24, 2.45) is 0 Å². The third kappa shape index (κ3) is 4.94. The maximum atomic E-state index is 12.5. The van der Waals surface area contributed by atoms with Crippen LogP contribution in [0, 0.1) is 0 Å². The summed E-state index contributed by atoms with van der Waals surface area (Å²) in [6, 6.07) is 12.7. The van der Waals surface area contributed by atoms with E-state index in [1.807, 2.05) is 48.6 Å². The maximum Gasteiger partial charge on any atom is 0.231 e. The smallest absolute Gasteiger partial charge is 0.231 e. The summed E-state index contributed by atoms with van der Waals surface area (Å²) in [6.45, 7) is 0.204. The van der Waals surface area contributed by atoms with Crippen molar-refractivity contribution in [1.29, 1.82) is 0 Å². The standard InChI is InChI=1S/C23H23ClN2O4/c24-17-5-3-4-15(12-17)18-6-1-2-7-19(26-23(28)11-10-22(27)25-18)16-8-9-20-21(13-16)30-14-29-20/h1-5,8-9,12-13,18-19H,6-7,10-11,14H2,(H,25,27)(H,26,28)/b2-1-/t18-,19-/m0/s1. The van der Waals surface area contributed by atoms with E-state index in [1.165, 1.54) is 0 Å². The van der Waals surface area contributed by atoms with Crippen molar-refractivity contribution in [1.82, 2.24) is 10.6 Å². The van der Waals surface area contributed by atoms with Gasteiger partial charge in [-0.15, -0.1) is 0 Å². The van der Waals surface area contributed by atoms with E-state index in [0.717, 1.165) is 11.1 Å². The monoisotopic (exact) mass is 426 g/mol. The van der Waals surface area contributed by atoms with E-state index in [1.54, 1.807) is 6.07 Å². The molecular weight excluding hydrogens is 404 g/mol. The number of halogens is 1. The van der Waals surface area contributed by atoms with Crippen molar-refractivity contribution in [3.63, 3.8) is 0 Å². The van der Waals surface area contributed by atoms with Crippen LogP contribution < -0.4 is 20.1 Å². The van der Waals surface area contributed by atoms with E-state index in [0.29, 0.717) is 29.4 Å². The predicted molar refractivity (Wildman–Crippen MR) is 113 cm³/mol. The number of benzene rings is 2. The molecule has 6 nitrogen and oxygen atoms in total. The van der Waals surface area contributed by atoms with Gasteiger partial charge in [-0.3, -0.25) is 9.59 Å². The van der Waals surface area contributed by atoms with Gasteiger partial charge in [0.2, 0.25) is 18.6 Å². The molecule has 2 aromatic carbocycles. The van der Waals surface area contributed by atoms with Crippen LogP contribution in [0.3, 0.4) is 0 Å². The van der Waals surface area contributed by atoms with Gasteiger partial charge in [0.25, 0.3) is 0 Å². The molecular formula is C23H23ClN2O4. The fraction of sp³-hybridized carbons (Fsp3) is 0.304. The van der Waals surface area contributed by atoms with Crippen LogP contribution in [0.5, 0.6) is 11.5 Å². The number of carbonyl (C=O) groups excluding carboxylic acids is 2. The summed E-state index contributed by atoms with van der Waals surface area (Å²) >= 11 is 6.12. The Morgan fingerprint density at radius 2 is 1.43 bits per heavy atom. The van der Waals surface area contributed by atoms with E-state index in [4.69, 9.17) is 21.1 Å². The molecule has 2 aromatic rings. The van der Waals surface area contributed by atoms with E-state index < -0.39 is 0 Å². The Labute approximate surface area is 180 Å². The van der Waals surface area contributed by atoms with Crippen LogP contribution in [-0.4, -0.2) is 18.6 Å². The number of ether oxygens (including phenoxy) is 2. The molecule has 0 unspecified atom stereocenters. The van der Waals surface area contributed by atoms with Crippen molar-refractivity contribution in [3.05, 3.63) is 70.8 Å². The van der Waals surface area contributed by atoms with E-state index in [-0.39, 0.29) is 43.5 Å². The first-order valence-electron chi connectivity index (χ1n) is 9.97. The van der Waals surface area contributed by atoms with Crippen molar-refractivity contribution in [2.45, 2.75) is 37.8 Å². The van der Waals surface area contributed by atoms with Gasteiger partial charge in [-0.1, -0.05) is 42.0 Å². The van der Waals surface area contributed by atoms with Crippen LogP contribution in [0.2, 0.25) is 5.02 Å². The van der Waals surface area contributed by atoms with Gasteiger partial charge in [-0.2, -0.15) is 0 Å². The zero-order valence-electron chi connectivity index (χ0n) is 16.4. The van der Waals surface area contributed by atoms with Gasteiger partial charge in [-0.25, -0.2) is 0 Å². The molecule has 0 aliphatic carbocycles. The second-order valence-electron chi connectivity index (χ2n) is 7.35. The van der Waals surface area contributed by atoms with Gasteiger partial charge in [0, 0.05) is 17.9 Å². The van der Waals surface area contributed by atoms with Crippen LogP contribution in [0.4, 0.5) is 0 Å². The summed E-state index contributed by atoms with van der Waals surface area (Å²) in [5, 5.41) is 6.66. The molecule has 2 amide bonds. The lowest BCUT2D eigenvalue weighted by Gasteiger charge is -2.21. The van der Waals surface area contributed by atoms with Gasteiger partial charge in [0.05, 0.1) is 12.1 Å². The molecule has 0 bridgehead atoms. The van der Waals surface area contributed by atoms with Crippen LogP contribution in [0.15, 0.2) is 54.6 Å². The minimum absolute atomic E-state index is 0.124. The molecule has 156 valence electrons. The number of amides is 2. The lowest BCUT2D eigenvalue weighted by Crippen LogP contribution is -2.32. The Morgan fingerprint density at radius 3 is 2.10 bits per heavy atom. The number of carbonyl (C=O) groups is 2. The number of rotatable bonds is 2. The first-order valence-corrected chi connectivity index (χ1v) is 10.3. The Bertz CT molecular complexity index is 975. The summed E-state index contributed by atoms with van der Waals surface area (Å²) < 4.78 is 10.8. The minimum atomic E-state index is -0.213. The number of hydrogen-bond donors (Lipinski definition) is 2. The highest BCUT2D eigenvalue weighted by Crippen LogP contribution is 2.35. The second kappa shape index (κ2) is 9.22. The quantitative estimate of drug-likeness (QED) is 0.705. The molecule has 2 atom stereocenters. The average molecular weight is 427 g/mol. The normalized spacial score (nSPS) is 23.0. The van der Waals surface area contributed by atoms with Gasteiger partial charge < -0.3 is 20.1 Å². The lowest BCUT2D eigenvalue weighted by molar-refractivity contribution is -0.127. The van der Waals surface area contributed by atoms with Crippen molar-refractivity contribution in [3.8, 4) is 11.5 Å². The van der Waals surface area contributed by atoms with Crippen LogP contribution in [-0.2, 0) is 9.59 Å². The van der Waals surface area contributed by atoms with Gasteiger partial charge in [0.15, 0.2) is 11.5 Å². The third-order valence-corrected chi connectivity index (χ3v) is 5.44. The Morgan fingerprint density at radius 1 is 0.800 bits per heavy atom. The molecule has 0 saturated heterocycles. The highest BCUT2D eigenvalue weighted by atomic mass is 35.5. The molecule has 2 aliphatic heterocycles. The van der Waals surface area contributed by atoms with Gasteiger partial charge in [-0.05, 0) is 48.2 Å². The van der Waals surface area contributed by atoms with Gasteiger partial charge >= 0.3 is 0 Å². The fourth-order valence-corrected chi connectivity index (χ4v) is 3.83. The summed E-state index contributed by atoms with van der Waals surface area (Å²) in [5.41, 5.74) is 1.87. The van der Waals surface area contributed by atoms with Gasteiger partial charge in [0.1, 0.15) is 0 Å². The molecule has 30 heavy (non-hydrogen) atoms. The topological polar surface area (TPSA) is 76.7 Å². The summed E-state index contributed by atoms with van der Waals surface area (Å²) in [6.07, 6.45) is 5.56. The van der Waals surface area contributed by atoms with E-state index in [9.17, 15) is 9.59 Å². The predicted octanol–water partition coefficient (Wildman–Crippen LogP) is 4.21. The second-order valence-corrected chi connectivity index (χ2v) is 7.79. The molecule has 4 rings (SSSR count). The molecule has 7 heteroatoms. The SMILES string of the molecule is O=C1CCC(=O)N[C@H](c2ccc3c(c2)OCO3)C/C=C\C[C@@H](c2cccc(Cl)c2)N1. The zero-order chi connectivity index (χ0) is 20.9. The average Bonchev–Trinajstić information content (AvgIpc) is 3.20. The first kappa shape index (κ1) is 20.3. The molecule has 0 radical (unpaired) electrons. The van der Waals surface area contributed by atoms with Crippen molar-refractivity contribution in [2.75, 3.05) is 6.79 Å². The molecule has 2 N–H and O–H groups in total. The summed E-state index contributed by atoms with van der Waals surface area (Å²) in [5.74, 6) is 1.05. The molecule has 0 spiro atoms. The Balaban J connectivity index is 1.55. The molecule has 0 saturated carbocycles. The number of hydrogen-bond acceptors (Lipinski definition) is 4. The Kier molecular flexibility index (Phi) is 6.23. The molecule has 2 heterocycles. The fourth-order valence-electron chi connectivity index (χ4n) is 3.63. The van der Waals surface area contributed by atoms with Crippen molar-refractivity contribution >= 4 is 23.4 Å². The van der Waals surface area contributed by atoms with E-state index >= 15 is 0 Å². The third-order valence-electron chi connectivity index (χ3n) is 5.21. The molecule has 0 aromatic heterocycles. The highest BCUT2D eigenvalue weighted by molar-refractivity contribution is 6.30.